The predicted molar refractivity (Wildman–Crippen MR) is 98.3 cm³/mol. The van der Waals surface area contributed by atoms with E-state index in [-0.39, 0.29) is 11.7 Å². The van der Waals surface area contributed by atoms with E-state index in [1.165, 1.54) is 0 Å². The Morgan fingerprint density at radius 2 is 2.00 bits per heavy atom. The van der Waals surface area contributed by atoms with Crippen LogP contribution in [-0.4, -0.2) is 25.6 Å². The Bertz CT molecular complexity index is 494. The molecular formula is C21H30O3. The van der Waals surface area contributed by atoms with Crippen LogP contribution in [-0.2, 0) is 9.53 Å². The van der Waals surface area contributed by atoms with Crippen molar-refractivity contribution in [3.63, 3.8) is 0 Å². The molecule has 0 bridgehead atoms. The summed E-state index contributed by atoms with van der Waals surface area (Å²) in [4.78, 5) is 12.4. The molecule has 3 nitrogen and oxygen atoms in total. The van der Waals surface area contributed by atoms with E-state index in [1.807, 2.05) is 30.3 Å². The normalized spacial score (nSPS) is 19.5. The minimum atomic E-state index is 0.107. The number of benzene rings is 1. The van der Waals surface area contributed by atoms with Crippen LogP contribution in [0.1, 0.15) is 57.4 Å². The maximum Gasteiger partial charge on any atom is 0.158 e. The second-order valence-electron chi connectivity index (χ2n) is 6.45. The molecule has 0 saturated carbocycles. The van der Waals surface area contributed by atoms with Gasteiger partial charge in [-0.3, -0.25) is 4.79 Å². The highest BCUT2D eigenvalue weighted by atomic mass is 16.5. The van der Waals surface area contributed by atoms with Crippen molar-refractivity contribution < 1.29 is 14.3 Å². The Hall–Kier alpha value is -1.61. The van der Waals surface area contributed by atoms with Gasteiger partial charge in [0, 0.05) is 19.1 Å². The Morgan fingerprint density at radius 3 is 2.79 bits per heavy atom. The maximum absolute atomic E-state index is 12.4. The van der Waals surface area contributed by atoms with Crippen LogP contribution in [0, 0.1) is 5.92 Å². The summed E-state index contributed by atoms with van der Waals surface area (Å²) < 4.78 is 11.2. The summed E-state index contributed by atoms with van der Waals surface area (Å²) in [7, 11) is 0. The number of hydrogen-bond donors (Lipinski definition) is 0. The van der Waals surface area contributed by atoms with Gasteiger partial charge in [0.1, 0.15) is 5.75 Å². The molecule has 1 unspecified atom stereocenters. The van der Waals surface area contributed by atoms with Gasteiger partial charge >= 0.3 is 0 Å². The Balaban J connectivity index is 1.85. The molecule has 1 fully saturated rings. The fourth-order valence-electron chi connectivity index (χ4n) is 2.85. The van der Waals surface area contributed by atoms with E-state index in [0.717, 1.165) is 69.5 Å². The average Bonchev–Trinajstić information content (AvgIpc) is 2.75. The molecule has 0 spiro atoms. The molecule has 1 aromatic carbocycles. The zero-order valence-corrected chi connectivity index (χ0v) is 14.8. The molecule has 0 radical (unpaired) electrons. The van der Waals surface area contributed by atoms with E-state index in [9.17, 15) is 4.79 Å². The quantitative estimate of drug-likeness (QED) is 0.519. The number of carbonyl (C=O) groups is 1. The second-order valence-corrected chi connectivity index (χ2v) is 6.45. The summed E-state index contributed by atoms with van der Waals surface area (Å²) in [5.41, 5.74) is 1.03. The first kappa shape index (κ1) is 18.7. The molecule has 0 N–H and O–H groups in total. The number of unbranched alkanes of at least 4 members (excludes halogenated alkanes) is 1. The first-order valence-electron chi connectivity index (χ1n) is 9.32. The number of ether oxygens (including phenoxy) is 2. The highest BCUT2D eigenvalue weighted by Gasteiger charge is 2.16. The summed E-state index contributed by atoms with van der Waals surface area (Å²) in [5.74, 6) is 1.22. The predicted octanol–water partition coefficient (Wildman–Crippen LogP) is 5.04. The zero-order valence-electron chi connectivity index (χ0n) is 14.8. The van der Waals surface area contributed by atoms with Crippen LogP contribution in [0.25, 0.3) is 6.08 Å². The molecule has 3 heteroatoms. The average molecular weight is 330 g/mol. The van der Waals surface area contributed by atoms with Gasteiger partial charge in [0.2, 0.25) is 0 Å². The van der Waals surface area contributed by atoms with Crippen molar-refractivity contribution in [1.82, 2.24) is 0 Å². The van der Waals surface area contributed by atoms with Crippen molar-refractivity contribution in [2.45, 2.75) is 51.9 Å². The Morgan fingerprint density at radius 1 is 1.17 bits per heavy atom. The third-order valence-corrected chi connectivity index (χ3v) is 4.44. The van der Waals surface area contributed by atoms with Gasteiger partial charge in [-0.2, -0.15) is 0 Å². The van der Waals surface area contributed by atoms with Crippen LogP contribution >= 0.6 is 0 Å². The largest absolute Gasteiger partial charge is 0.494 e. The Kier molecular flexibility index (Phi) is 8.61. The molecule has 1 atom stereocenters. The van der Waals surface area contributed by atoms with Gasteiger partial charge in [-0.1, -0.05) is 44.4 Å². The fourth-order valence-corrected chi connectivity index (χ4v) is 2.85. The van der Waals surface area contributed by atoms with E-state index in [1.54, 1.807) is 6.08 Å². The fraction of sp³-hybridized carbons (Fsp3) is 0.571. The lowest BCUT2D eigenvalue weighted by Crippen LogP contribution is -2.14. The topological polar surface area (TPSA) is 35.5 Å². The van der Waals surface area contributed by atoms with E-state index in [4.69, 9.17) is 9.47 Å². The SMILES string of the molecule is CCCCOc1ccc(/C=C/C(=O)C2CCCCCOCC2)cc1. The molecule has 1 aliphatic heterocycles. The van der Waals surface area contributed by atoms with Crippen LogP contribution in [0.3, 0.4) is 0 Å². The second kappa shape index (κ2) is 11.0. The molecule has 2 rings (SSSR count). The number of carbonyl (C=O) groups excluding carboxylic acids is 1. The Labute approximate surface area is 146 Å². The third-order valence-electron chi connectivity index (χ3n) is 4.44. The lowest BCUT2D eigenvalue weighted by atomic mass is 9.93. The molecule has 0 aromatic heterocycles. The molecular weight excluding hydrogens is 300 g/mol. The summed E-state index contributed by atoms with van der Waals surface area (Å²) in [6.45, 7) is 4.45. The van der Waals surface area contributed by atoms with Crippen LogP contribution in [0.2, 0.25) is 0 Å². The maximum atomic E-state index is 12.4. The van der Waals surface area contributed by atoms with Gasteiger partial charge in [-0.15, -0.1) is 0 Å². The minimum Gasteiger partial charge on any atom is -0.494 e. The van der Waals surface area contributed by atoms with E-state index in [0.29, 0.717) is 6.61 Å². The van der Waals surface area contributed by atoms with Crippen molar-refractivity contribution in [2.75, 3.05) is 19.8 Å². The third kappa shape index (κ3) is 6.88. The number of hydrogen-bond acceptors (Lipinski definition) is 3. The monoisotopic (exact) mass is 330 g/mol. The van der Waals surface area contributed by atoms with Crippen molar-refractivity contribution in [1.29, 1.82) is 0 Å². The molecule has 1 aromatic rings. The van der Waals surface area contributed by atoms with Crippen molar-refractivity contribution in [3.05, 3.63) is 35.9 Å². The van der Waals surface area contributed by atoms with Crippen LogP contribution < -0.4 is 4.74 Å². The van der Waals surface area contributed by atoms with Crippen LogP contribution in [0.4, 0.5) is 0 Å². The van der Waals surface area contributed by atoms with Crippen LogP contribution in [0.5, 0.6) is 5.75 Å². The highest BCUT2D eigenvalue weighted by Crippen LogP contribution is 2.19. The molecule has 0 aliphatic carbocycles. The van der Waals surface area contributed by atoms with Crippen molar-refractivity contribution >= 4 is 11.9 Å². The number of allylic oxidation sites excluding steroid dienone is 1. The standard InChI is InChI=1S/C21H30O3/c1-2-3-16-24-20-11-8-18(9-12-20)10-13-21(22)19-7-5-4-6-15-23-17-14-19/h8-13,19H,2-7,14-17H2,1H3/b13-10+. The van der Waals surface area contributed by atoms with Crippen molar-refractivity contribution in [3.8, 4) is 5.75 Å². The van der Waals surface area contributed by atoms with Crippen LogP contribution in [0.15, 0.2) is 30.3 Å². The number of ketones is 1. The van der Waals surface area contributed by atoms with E-state index in [2.05, 4.69) is 6.92 Å². The summed E-state index contributed by atoms with van der Waals surface area (Å²) in [6.07, 6.45) is 11.1. The molecule has 24 heavy (non-hydrogen) atoms. The van der Waals surface area contributed by atoms with Gasteiger partial charge < -0.3 is 9.47 Å². The molecule has 0 amide bonds. The summed E-state index contributed by atoms with van der Waals surface area (Å²) in [6, 6.07) is 7.93. The van der Waals surface area contributed by atoms with E-state index >= 15 is 0 Å². The molecule has 1 heterocycles. The van der Waals surface area contributed by atoms with Crippen molar-refractivity contribution in [2.24, 2.45) is 5.92 Å². The summed E-state index contributed by atoms with van der Waals surface area (Å²) in [5, 5.41) is 0. The highest BCUT2D eigenvalue weighted by molar-refractivity contribution is 5.95. The van der Waals surface area contributed by atoms with Gasteiger partial charge in [0.25, 0.3) is 0 Å². The van der Waals surface area contributed by atoms with Gasteiger partial charge in [-0.25, -0.2) is 0 Å². The zero-order chi connectivity index (χ0) is 17.0. The molecule has 1 saturated heterocycles. The first-order chi connectivity index (χ1) is 11.8. The lowest BCUT2D eigenvalue weighted by Gasteiger charge is -2.11. The number of rotatable bonds is 7. The van der Waals surface area contributed by atoms with Gasteiger partial charge in [0.15, 0.2) is 5.78 Å². The first-order valence-corrected chi connectivity index (χ1v) is 9.32. The van der Waals surface area contributed by atoms with E-state index < -0.39 is 0 Å². The minimum absolute atomic E-state index is 0.107. The summed E-state index contributed by atoms with van der Waals surface area (Å²) >= 11 is 0. The van der Waals surface area contributed by atoms with Gasteiger partial charge in [-0.05, 0) is 49.5 Å². The smallest absolute Gasteiger partial charge is 0.158 e. The van der Waals surface area contributed by atoms with Gasteiger partial charge in [0.05, 0.1) is 6.61 Å². The molecule has 132 valence electrons. The lowest BCUT2D eigenvalue weighted by molar-refractivity contribution is -0.118. The molecule has 1 aliphatic rings.